The third-order valence-corrected chi connectivity index (χ3v) is 3.26. The van der Waals surface area contributed by atoms with Crippen LogP contribution in [0.1, 0.15) is 12.5 Å². The van der Waals surface area contributed by atoms with E-state index in [4.69, 9.17) is 0 Å². The fraction of sp³-hybridized carbons (Fsp3) is 0.250. The average molecular weight is 288 g/mol. The third-order valence-electron chi connectivity index (χ3n) is 2.06. The summed E-state index contributed by atoms with van der Waals surface area (Å²) in [6.45, 7) is 3.26. The molecule has 0 aliphatic heterocycles. The van der Waals surface area contributed by atoms with Crippen molar-refractivity contribution in [2.45, 2.75) is 18.7 Å². The van der Waals surface area contributed by atoms with Gasteiger partial charge >= 0.3 is 16.1 Å². The lowest BCUT2D eigenvalue weighted by Gasteiger charge is -2.03. The molecule has 0 atom stereocenters. The van der Waals surface area contributed by atoms with E-state index in [2.05, 4.69) is 8.92 Å². The molecule has 0 saturated heterocycles. The fourth-order valence-corrected chi connectivity index (χ4v) is 1.91. The molecule has 104 valence electrons. The first-order valence-corrected chi connectivity index (χ1v) is 6.80. The molecule has 1 rings (SSSR count). The van der Waals surface area contributed by atoms with Gasteiger partial charge in [-0.25, -0.2) is 4.79 Å². The Morgan fingerprint density at radius 2 is 1.89 bits per heavy atom. The molecule has 5 nitrogen and oxygen atoms in total. The Labute approximate surface area is 110 Å². The Balaban J connectivity index is 2.83. The van der Waals surface area contributed by atoms with E-state index >= 15 is 0 Å². The van der Waals surface area contributed by atoms with Crippen molar-refractivity contribution >= 4 is 16.1 Å². The number of hydrogen-bond acceptors (Lipinski definition) is 5. The van der Waals surface area contributed by atoms with Crippen molar-refractivity contribution in [3.8, 4) is 0 Å². The number of ether oxygens (including phenoxy) is 1. The van der Waals surface area contributed by atoms with E-state index in [1.54, 1.807) is 19.1 Å². The van der Waals surface area contributed by atoms with Crippen molar-refractivity contribution in [2.24, 2.45) is 0 Å². The molecule has 0 aliphatic rings. The standard InChI is InChI=1S/C12H13FO5S/c1-3-17-12(14)11(13)8-18-19(15,16)10-6-4-9(2)5-7-10/h4-8H,3H2,1-2H3/b11-8-. The summed E-state index contributed by atoms with van der Waals surface area (Å²) in [5, 5.41) is 0. The minimum absolute atomic E-state index is 0.0230. The molecular formula is C12H13FO5S. The van der Waals surface area contributed by atoms with Gasteiger partial charge in [0.25, 0.3) is 0 Å². The molecule has 7 heteroatoms. The van der Waals surface area contributed by atoms with Gasteiger partial charge in [0.2, 0.25) is 5.83 Å². The van der Waals surface area contributed by atoms with E-state index in [9.17, 15) is 17.6 Å². The first-order valence-electron chi connectivity index (χ1n) is 5.39. The number of esters is 1. The van der Waals surface area contributed by atoms with Crippen molar-refractivity contribution in [3.05, 3.63) is 41.9 Å². The van der Waals surface area contributed by atoms with E-state index in [0.717, 1.165) is 5.56 Å². The number of carbonyl (C=O) groups excluding carboxylic acids is 1. The molecule has 0 aromatic heterocycles. The van der Waals surface area contributed by atoms with E-state index in [-0.39, 0.29) is 17.8 Å². The summed E-state index contributed by atoms with van der Waals surface area (Å²) in [7, 11) is -4.14. The molecule has 0 radical (unpaired) electrons. The van der Waals surface area contributed by atoms with Crippen molar-refractivity contribution in [2.75, 3.05) is 6.61 Å². The topological polar surface area (TPSA) is 69.7 Å². The zero-order valence-electron chi connectivity index (χ0n) is 10.4. The van der Waals surface area contributed by atoms with Crippen LogP contribution in [-0.2, 0) is 23.8 Å². The normalized spacial score (nSPS) is 12.1. The predicted molar refractivity (Wildman–Crippen MR) is 65.3 cm³/mol. The van der Waals surface area contributed by atoms with Gasteiger partial charge in [-0.15, -0.1) is 0 Å². The number of carbonyl (C=O) groups is 1. The van der Waals surface area contributed by atoms with Crippen LogP contribution in [0.3, 0.4) is 0 Å². The van der Waals surface area contributed by atoms with Crippen molar-refractivity contribution in [1.82, 2.24) is 0 Å². The Morgan fingerprint density at radius 1 is 1.32 bits per heavy atom. The lowest BCUT2D eigenvalue weighted by atomic mass is 10.2. The molecule has 0 fully saturated rings. The lowest BCUT2D eigenvalue weighted by molar-refractivity contribution is -0.140. The highest BCUT2D eigenvalue weighted by atomic mass is 32.2. The molecule has 0 spiro atoms. The quantitative estimate of drug-likeness (QED) is 0.359. The maximum Gasteiger partial charge on any atom is 0.370 e. The molecule has 0 amide bonds. The zero-order valence-corrected chi connectivity index (χ0v) is 11.2. The van der Waals surface area contributed by atoms with Crippen LogP contribution in [0.25, 0.3) is 0 Å². The van der Waals surface area contributed by atoms with Gasteiger partial charge in [-0.2, -0.15) is 12.8 Å². The second-order valence-electron chi connectivity index (χ2n) is 3.55. The van der Waals surface area contributed by atoms with Crippen molar-refractivity contribution < 1.29 is 26.5 Å². The summed E-state index contributed by atoms with van der Waals surface area (Å²) in [6.07, 6.45) is 0.215. The van der Waals surface area contributed by atoms with Gasteiger partial charge in [0.15, 0.2) is 0 Å². The first kappa shape index (κ1) is 15.2. The van der Waals surface area contributed by atoms with Gasteiger partial charge in [-0.1, -0.05) is 17.7 Å². The maximum atomic E-state index is 13.1. The molecule has 0 unspecified atom stereocenters. The molecule has 0 aliphatic carbocycles. The monoisotopic (exact) mass is 288 g/mol. The number of halogens is 1. The maximum absolute atomic E-state index is 13.1. The van der Waals surface area contributed by atoms with Crippen LogP contribution in [0, 0.1) is 6.92 Å². The van der Waals surface area contributed by atoms with Crippen LogP contribution in [0.5, 0.6) is 0 Å². The number of aryl methyl sites for hydroxylation is 1. The lowest BCUT2D eigenvalue weighted by Crippen LogP contribution is -2.07. The number of rotatable bonds is 5. The summed E-state index contributed by atoms with van der Waals surface area (Å²) in [5.41, 5.74) is 0.868. The Bertz CT molecular complexity index is 575. The van der Waals surface area contributed by atoms with Crippen LogP contribution in [0.4, 0.5) is 4.39 Å². The van der Waals surface area contributed by atoms with E-state index in [1.165, 1.54) is 19.1 Å². The van der Waals surface area contributed by atoms with Crippen LogP contribution < -0.4 is 0 Å². The summed E-state index contributed by atoms with van der Waals surface area (Å²) in [6, 6.07) is 5.78. The van der Waals surface area contributed by atoms with Crippen LogP contribution in [-0.4, -0.2) is 21.0 Å². The van der Waals surface area contributed by atoms with Gasteiger partial charge in [-0.05, 0) is 26.0 Å². The SMILES string of the molecule is CCOC(=O)/C(F)=C/OS(=O)(=O)c1ccc(C)cc1. The first-order chi connectivity index (χ1) is 8.86. The Hall–Kier alpha value is -1.89. The Kier molecular flexibility index (Phi) is 5.05. The summed E-state index contributed by atoms with van der Waals surface area (Å²) < 4.78 is 45.0. The van der Waals surface area contributed by atoms with Crippen LogP contribution in [0.2, 0.25) is 0 Å². The van der Waals surface area contributed by atoms with Crippen LogP contribution in [0.15, 0.2) is 41.2 Å². The minimum Gasteiger partial charge on any atom is -0.461 e. The molecule has 19 heavy (non-hydrogen) atoms. The molecule has 0 heterocycles. The minimum atomic E-state index is -4.14. The second kappa shape index (κ2) is 6.33. The van der Waals surface area contributed by atoms with Crippen molar-refractivity contribution in [1.29, 1.82) is 0 Å². The zero-order chi connectivity index (χ0) is 14.5. The molecule has 1 aromatic rings. The van der Waals surface area contributed by atoms with E-state index in [0.29, 0.717) is 0 Å². The van der Waals surface area contributed by atoms with Crippen molar-refractivity contribution in [3.63, 3.8) is 0 Å². The number of benzene rings is 1. The predicted octanol–water partition coefficient (Wildman–Crippen LogP) is 2.07. The van der Waals surface area contributed by atoms with Gasteiger partial charge in [-0.3, -0.25) is 0 Å². The average Bonchev–Trinajstić information content (AvgIpc) is 2.37. The van der Waals surface area contributed by atoms with Gasteiger partial charge in [0, 0.05) is 0 Å². The van der Waals surface area contributed by atoms with Gasteiger partial charge in [0.1, 0.15) is 11.2 Å². The molecule has 1 aromatic carbocycles. The van der Waals surface area contributed by atoms with Gasteiger partial charge in [0.05, 0.1) is 6.61 Å². The Morgan fingerprint density at radius 3 is 2.42 bits per heavy atom. The molecule has 0 bridgehead atoms. The smallest absolute Gasteiger partial charge is 0.370 e. The van der Waals surface area contributed by atoms with E-state index in [1.807, 2.05) is 0 Å². The summed E-state index contributed by atoms with van der Waals surface area (Å²) >= 11 is 0. The second-order valence-corrected chi connectivity index (χ2v) is 5.12. The van der Waals surface area contributed by atoms with Crippen LogP contribution >= 0.6 is 0 Å². The van der Waals surface area contributed by atoms with Gasteiger partial charge < -0.3 is 8.92 Å². The highest BCUT2D eigenvalue weighted by Gasteiger charge is 2.17. The largest absolute Gasteiger partial charge is 0.461 e. The summed E-state index contributed by atoms with van der Waals surface area (Å²) in [4.78, 5) is 10.8. The summed E-state index contributed by atoms with van der Waals surface area (Å²) in [5.74, 6) is -2.70. The fourth-order valence-electron chi connectivity index (χ4n) is 1.11. The van der Waals surface area contributed by atoms with E-state index < -0.39 is 21.9 Å². The highest BCUT2D eigenvalue weighted by molar-refractivity contribution is 7.86. The molecular weight excluding hydrogens is 275 g/mol. The third kappa shape index (κ3) is 4.36. The highest BCUT2D eigenvalue weighted by Crippen LogP contribution is 2.14. The molecule has 0 saturated carbocycles. The number of hydrogen-bond donors (Lipinski definition) is 0. The molecule has 0 N–H and O–H groups in total.